The number of hydrogen-bond acceptors (Lipinski definition) is 2. The summed E-state index contributed by atoms with van der Waals surface area (Å²) in [7, 11) is 0. The van der Waals surface area contributed by atoms with Gasteiger partial charge in [0.25, 0.3) is 5.91 Å². The predicted molar refractivity (Wildman–Crippen MR) is 73.0 cm³/mol. The molecule has 100 valence electrons. The fourth-order valence-electron chi connectivity index (χ4n) is 1.31. The maximum absolute atomic E-state index is 13.1. The average molecular weight is 339 g/mol. The monoisotopic (exact) mass is 337 g/mol. The van der Waals surface area contributed by atoms with Gasteiger partial charge in [0, 0.05) is 18.5 Å². The maximum atomic E-state index is 13.1. The average Bonchev–Trinajstić information content (AvgIpc) is 2.36. The molecule has 0 radical (unpaired) electrons. The van der Waals surface area contributed by atoms with Crippen LogP contribution in [0.3, 0.4) is 0 Å². The molecule has 1 rings (SSSR count). The first-order valence-corrected chi connectivity index (χ1v) is 7.02. The smallest absolute Gasteiger partial charge is 0.252 e. The molecule has 1 aromatic carbocycles. The molecule has 0 fully saturated rings. The lowest BCUT2D eigenvalue weighted by Gasteiger charge is -2.07. The zero-order valence-electron chi connectivity index (χ0n) is 9.72. The highest BCUT2D eigenvalue weighted by Crippen LogP contribution is 2.19. The molecule has 3 nitrogen and oxygen atoms in total. The van der Waals surface area contributed by atoms with Crippen molar-refractivity contribution in [3.8, 4) is 0 Å². The number of carbonyl (C=O) groups is 1. The van der Waals surface area contributed by atoms with Gasteiger partial charge in [0.15, 0.2) is 0 Å². The maximum Gasteiger partial charge on any atom is 0.252 e. The summed E-state index contributed by atoms with van der Waals surface area (Å²) in [5, 5.41) is 3.30. The lowest BCUT2D eigenvalue weighted by atomic mass is 10.2. The molecule has 1 N–H and O–H groups in total. The van der Waals surface area contributed by atoms with Crippen LogP contribution < -0.4 is 5.32 Å². The van der Waals surface area contributed by atoms with E-state index in [1.165, 1.54) is 18.2 Å². The zero-order chi connectivity index (χ0) is 13.4. The van der Waals surface area contributed by atoms with E-state index in [1.54, 1.807) is 0 Å². The second kappa shape index (κ2) is 8.45. The minimum atomic E-state index is -0.593. The van der Waals surface area contributed by atoms with Crippen LogP contribution in [0, 0.1) is 5.82 Å². The van der Waals surface area contributed by atoms with Crippen molar-refractivity contribution >= 4 is 33.4 Å². The standard InChI is InChI=1S/C12H14BrClFNO2/c13-5-8-18-7-2-6-16-12(17)9-3-1-4-10(15)11(9)14/h1,3-4H,2,5-8H2,(H,16,17). The van der Waals surface area contributed by atoms with Crippen LogP contribution in [0.15, 0.2) is 18.2 Å². The molecule has 0 saturated heterocycles. The summed E-state index contributed by atoms with van der Waals surface area (Å²) >= 11 is 8.95. The van der Waals surface area contributed by atoms with Crippen LogP contribution >= 0.6 is 27.5 Å². The number of halogens is 3. The summed E-state index contributed by atoms with van der Waals surface area (Å²) in [5.41, 5.74) is 0.151. The molecule has 0 aliphatic heterocycles. The first-order valence-electron chi connectivity index (χ1n) is 5.52. The number of alkyl halides is 1. The van der Waals surface area contributed by atoms with Crippen LogP contribution in [0.1, 0.15) is 16.8 Å². The van der Waals surface area contributed by atoms with Gasteiger partial charge in [-0.1, -0.05) is 33.6 Å². The van der Waals surface area contributed by atoms with E-state index >= 15 is 0 Å². The normalized spacial score (nSPS) is 10.4. The third-order valence-corrected chi connectivity index (χ3v) is 2.88. The van der Waals surface area contributed by atoms with Gasteiger partial charge in [-0.25, -0.2) is 4.39 Å². The highest BCUT2D eigenvalue weighted by atomic mass is 79.9. The van der Waals surface area contributed by atoms with Gasteiger partial charge in [0.2, 0.25) is 0 Å². The Bertz CT molecular complexity index is 404. The van der Waals surface area contributed by atoms with Gasteiger partial charge in [-0.05, 0) is 18.6 Å². The molecule has 1 aromatic rings. The Labute approximate surface area is 119 Å². The summed E-state index contributed by atoms with van der Waals surface area (Å²) in [6, 6.07) is 4.16. The molecule has 0 aliphatic rings. The van der Waals surface area contributed by atoms with E-state index in [9.17, 15) is 9.18 Å². The van der Waals surface area contributed by atoms with E-state index in [2.05, 4.69) is 21.2 Å². The largest absolute Gasteiger partial charge is 0.381 e. The molecule has 18 heavy (non-hydrogen) atoms. The van der Waals surface area contributed by atoms with Crippen molar-refractivity contribution in [3.05, 3.63) is 34.6 Å². The molecule has 0 unspecified atom stereocenters. The van der Waals surface area contributed by atoms with Crippen LogP contribution in [-0.2, 0) is 4.74 Å². The van der Waals surface area contributed by atoms with Crippen LogP contribution in [0.5, 0.6) is 0 Å². The Hall–Kier alpha value is -0.650. The van der Waals surface area contributed by atoms with Crippen molar-refractivity contribution < 1.29 is 13.9 Å². The molecule has 0 saturated carbocycles. The van der Waals surface area contributed by atoms with E-state index in [1.807, 2.05) is 0 Å². The van der Waals surface area contributed by atoms with Gasteiger partial charge >= 0.3 is 0 Å². The van der Waals surface area contributed by atoms with E-state index in [-0.39, 0.29) is 16.5 Å². The quantitative estimate of drug-likeness (QED) is 0.613. The fourth-order valence-corrected chi connectivity index (χ4v) is 1.75. The number of benzene rings is 1. The number of hydrogen-bond donors (Lipinski definition) is 1. The first-order chi connectivity index (χ1) is 8.66. The molecule has 0 aliphatic carbocycles. The van der Waals surface area contributed by atoms with E-state index in [0.717, 1.165) is 5.33 Å². The van der Waals surface area contributed by atoms with E-state index in [0.29, 0.717) is 26.2 Å². The Kier molecular flexibility index (Phi) is 7.23. The number of rotatable bonds is 7. The molecule has 0 atom stereocenters. The number of ether oxygens (including phenoxy) is 1. The third-order valence-electron chi connectivity index (χ3n) is 2.17. The summed E-state index contributed by atoms with van der Waals surface area (Å²) in [6.45, 7) is 1.68. The van der Waals surface area contributed by atoms with Crippen LogP contribution in [0.4, 0.5) is 4.39 Å². The summed E-state index contributed by atoms with van der Waals surface area (Å²) in [5.74, 6) is -0.968. The summed E-state index contributed by atoms with van der Waals surface area (Å²) in [6.07, 6.45) is 0.700. The lowest BCUT2D eigenvalue weighted by Crippen LogP contribution is -2.25. The van der Waals surface area contributed by atoms with E-state index in [4.69, 9.17) is 16.3 Å². The highest BCUT2D eigenvalue weighted by Gasteiger charge is 2.12. The van der Waals surface area contributed by atoms with Gasteiger partial charge in [0.1, 0.15) is 5.82 Å². The molecule has 0 spiro atoms. The van der Waals surface area contributed by atoms with E-state index < -0.39 is 5.82 Å². The molecule has 1 amide bonds. The Morgan fingerprint density at radius 2 is 2.22 bits per heavy atom. The minimum Gasteiger partial charge on any atom is -0.381 e. The van der Waals surface area contributed by atoms with Crippen LogP contribution in [0.25, 0.3) is 0 Å². The second-order valence-electron chi connectivity index (χ2n) is 3.51. The van der Waals surface area contributed by atoms with Gasteiger partial charge in [-0.15, -0.1) is 0 Å². The number of amides is 1. The van der Waals surface area contributed by atoms with Gasteiger partial charge in [-0.2, -0.15) is 0 Å². The van der Waals surface area contributed by atoms with Crippen LogP contribution in [-0.4, -0.2) is 31.0 Å². The van der Waals surface area contributed by atoms with Crippen molar-refractivity contribution in [2.24, 2.45) is 0 Å². The third kappa shape index (κ3) is 4.92. The van der Waals surface area contributed by atoms with Gasteiger partial charge < -0.3 is 10.1 Å². The first kappa shape index (κ1) is 15.4. The predicted octanol–water partition coefficient (Wildman–Crippen LogP) is 3.01. The second-order valence-corrected chi connectivity index (χ2v) is 4.68. The SMILES string of the molecule is O=C(NCCCOCCBr)c1cccc(F)c1Cl. The Morgan fingerprint density at radius 1 is 1.44 bits per heavy atom. The van der Waals surface area contributed by atoms with Crippen molar-refractivity contribution in [1.82, 2.24) is 5.32 Å². The van der Waals surface area contributed by atoms with Gasteiger partial charge in [-0.3, -0.25) is 4.79 Å². The molecule has 0 heterocycles. The number of nitrogens with one attached hydrogen (secondary N) is 1. The summed E-state index contributed by atoms with van der Waals surface area (Å²) in [4.78, 5) is 11.7. The fraction of sp³-hybridized carbons (Fsp3) is 0.417. The van der Waals surface area contributed by atoms with Gasteiger partial charge in [0.05, 0.1) is 17.2 Å². The highest BCUT2D eigenvalue weighted by molar-refractivity contribution is 9.09. The van der Waals surface area contributed by atoms with Crippen molar-refractivity contribution in [2.75, 3.05) is 25.1 Å². The van der Waals surface area contributed by atoms with Crippen molar-refractivity contribution in [3.63, 3.8) is 0 Å². The van der Waals surface area contributed by atoms with Crippen LogP contribution in [0.2, 0.25) is 5.02 Å². The zero-order valence-corrected chi connectivity index (χ0v) is 12.1. The van der Waals surface area contributed by atoms with Crippen molar-refractivity contribution in [2.45, 2.75) is 6.42 Å². The Morgan fingerprint density at radius 3 is 2.94 bits per heavy atom. The molecular weight excluding hydrogens is 324 g/mol. The van der Waals surface area contributed by atoms with Crippen molar-refractivity contribution in [1.29, 1.82) is 0 Å². The molecular formula is C12H14BrClFNO2. The minimum absolute atomic E-state index is 0.148. The molecule has 6 heteroatoms. The Balaban J connectivity index is 2.35. The molecule has 0 aromatic heterocycles. The molecule has 0 bridgehead atoms. The lowest BCUT2D eigenvalue weighted by molar-refractivity contribution is 0.0944. The topological polar surface area (TPSA) is 38.3 Å². The summed E-state index contributed by atoms with van der Waals surface area (Å²) < 4.78 is 18.4. The number of carbonyl (C=O) groups excluding carboxylic acids is 1.